The quantitative estimate of drug-likeness (QED) is 0.299. The van der Waals surface area contributed by atoms with Gasteiger partial charge in [-0.3, -0.25) is 4.79 Å². The van der Waals surface area contributed by atoms with Gasteiger partial charge in [-0.05, 0) is 67.9 Å². The van der Waals surface area contributed by atoms with Gasteiger partial charge in [0.25, 0.3) is 0 Å². The predicted octanol–water partition coefficient (Wildman–Crippen LogP) is 10.6. The molecule has 0 spiro atoms. The normalized spacial score (nSPS) is 19.6. The first-order chi connectivity index (χ1) is 17.1. The fourth-order valence-corrected chi connectivity index (χ4v) is 7.30. The zero-order valence-electron chi connectivity index (χ0n) is 25.6. The summed E-state index contributed by atoms with van der Waals surface area (Å²) in [5, 5.41) is 11.0. The van der Waals surface area contributed by atoms with Crippen molar-refractivity contribution in [2.24, 2.45) is 16.2 Å². The van der Waals surface area contributed by atoms with Gasteiger partial charge in [0.2, 0.25) is 26.9 Å². The molecule has 4 heteroatoms. The molecule has 0 aromatic carbocycles. The van der Waals surface area contributed by atoms with Crippen molar-refractivity contribution in [1.82, 2.24) is 0 Å². The molecule has 1 aliphatic carbocycles. The Morgan fingerprint density at radius 2 is 1.42 bits per heavy atom. The number of thioether (sulfide) groups is 1. The highest BCUT2D eigenvalue weighted by atomic mass is 32.2. The van der Waals surface area contributed by atoms with Crippen LogP contribution in [0.5, 0.6) is 0 Å². The van der Waals surface area contributed by atoms with E-state index in [1.165, 1.54) is 19.6 Å². The smallest absolute Gasteiger partial charge is 0.219 e. The van der Waals surface area contributed by atoms with Crippen LogP contribution < -0.4 is 0 Å². The van der Waals surface area contributed by atoms with Crippen molar-refractivity contribution in [3.05, 3.63) is 78.0 Å². The molecule has 3 rings (SSSR count). The summed E-state index contributed by atoms with van der Waals surface area (Å²) in [5.74, 6) is 0.00586. The summed E-state index contributed by atoms with van der Waals surface area (Å²) in [6.07, 6.45) is 10.00. The molecule has 1 aliphatic heterocycles. The Balaban J connectivity index is 2.02. The van der Waals surface area contributed by atoms with Crippen LogP contribution in [0.25, 0.3) is 6.08 Å². The molecule has 1 aromatic rings. The molecule has 0 fully saturated rings. The lowest BCUT2D eigenvalue weighted by molar-refractivity contribution is -0.113. The lowest BCUT2D eigenvalue weighted by Crippen LogP contribution is -2.21. The maximum Gasteiger partial charge on any atom is 0.219 e. The van der Waals surface area contributed by atoms with Crippen LogP contribution in [0.2, 0.25) is 0 Å². The highest BCUT2D eigenvalue weighted by Crippen LogP contribution is 2.47. The van der Waals surface area contributed by atoms with Crippen molar-refractivity contribution in [2.75, 3.05) is 0 Å². The molecule has 1 aromatic heterocycles. The molecule has 38 heavy (non-hydrogen) atoms. The number of allylic oxidation sites excluding steroid dienone is 8. The summed E-state index contributed by atoms with van der Waals surface area (Å²) in [6.45, 7) is 26.8. The van der Waals surface area contributed by atoms with E-state index in [1.54, 1.807) is 0 Å². The molecule has 0 saturated heterocycles. The Bertz CT molecular complexity index is 1270. The molecular formula is C34H47O2S2+. The topological polar surface area (TPSA) is 37.3 Å². The van der Waals surface area contributed by atoms with Crippen LogP contribution in [0.15, 0.2) is 62.6 Å². The number of aliphatic hydroxyl groups is 1. The van der Waals surface area contributed by atoms with Gasteiger partial charge in [-0.15, -0.1) is 0 Å². The fourth-order valence-electron chi connectivity index (χ4n) is 4.33. The number of aliphatic hydroxyl groups excluding tert-OH is 1. The molecule has 0 saturated carbocycles. The van der Waals surface area contributed by atoms with Crippen LogP contribution in [0, 0.1) is 16.2 Å². The predicted molar refractivity (Wildman–Crippen MR) is 169 cm³/mol. The first kappa shape index (κ1) is 30.6. The molecule has 2 heterocycles. The molecule has 0 atom stereocenters. The van der Waals surface area contributed by atoms with E-state index in [0.29, 0.717) is 11.1 Å². The molecule has 1 N–H and O–H groups in total. The molecule has 0 bridgehead atoms. The van der Waals surface area contributed by atoms with E-state index in [4.69, 9.17) is 0 Å². The van der Waals surface area contributed by atoms with Gasteiger partial charge in [0.1, 0.15) is 5.76 Å². The van der Waals surface area contributed by atoms with Crippen LogP contribution in [0.1, 0.15) is 105 Å². The van der Waals surface area contributed by atoms with Crippen LogP contribution >= 0.6 is 23.1 Å². The van der Waals surface area contributed by atoms with E-state index < -0.39 is 0 Å². The van der Waals surface area contributed by atoms with E-state index in [2.05, 4.69) is 107 Å². The second-order valence-electron chi connectivity index (χ2n) is 15.2. The van der Waals surface area contributed by atoms with Crippen molar-refractivity contribution in [3.63, 3.8) is 0 Å². The van der Waals surface area contributed by atoms with E-state index in [9.17, 15) is 9.90 Å². The Labute approximate surface area is 239 Å². The van der Waals surface area contributed by atoms with E-state index in [-0.39, 0.29) is 33.2 Å². The Hall–Kier alpha value is -1.91. The minimum Gasteiger partial charge on any atom is -0.506 e. The molecule has 0 amide bonds. The number of ketones is 1. The Morgan fingerprint density at radius 3 is 1.92 bits per heavy atom. The van der Waals surface area contributed by atoms with Crippen LogP contribution in [-0.2, 0) is 16.6 Å². The summed E-state index contributed by atoms with van der Waals surface area (Å²) >= 11 is 3.68. The van der Waals surface area contributed by atoms with Crippen molar-refractivity contribution in [2.45, 2.75) is 101 Å². The van der Waals surface area contributed by atoms with Gasteiger partial charge in [-0.25, -0.2) is 0 Å². The minimum atomic E-state index is -0.0908. The highest BCUT2D eigenvalue weighted by molar-refractivity contribution is 8.06. The average Bonchev–Trinajstić information content (AvgIpc) is 2.71. The summed E-state index contributed by atoms with van der Waals surface area (Å²) in [7, 11) is 0. The van der Waals surface area contributed by atoms with Gasteiger partial charge in [0, 0.05) is 24.0 Å². The van der Waals surface area contributed by atoms with E-state index in [1.807, 2.05) is 35.3 Å². The number of carbonyl (C=O) groups is 1. The van der Waals surface area contributed by atoms with Crippen LogP contribution in [0.4, 0.5) is 0 Å². The minimum absolute atomic E-state index is 0.0100. The summed E-state index contributed by atoms with van der Waals surface area (Å²) in [6, 6.07) is 4.34. The third kappa shape index (κ3) is 8.05. The third-order valence-corrected chi connectivity index (χ3v) is 9.19. The number of hydrogen-bond acceptors (Lipinski definition) is 3. The first-order valence-corrected chi connectivity index (χ1v) is 15.3. The van der Waals surface area contributed by atoms with Crippen molar-refractivity contribution < 1.29 is 9.90 Å². The maximum absolute atomic E-state index is 13.3. The molecule has 2 nitrogen and oxygen atoms in total. The highest BCUT2D eigenvalue weighted by Gasteiger charge is 2.34. The second kappa shape index (κ2) is 10.6. The Kier molecular flexibility index (Phi) is 8.53. The molecule has 206 valence electrons. The molecular weight excluding hydrogens is 505 g/mol. The van der Waals surface area contributed by atoms with Gasteiger partial charge in [-0.1, -0.05) is 94.8 Å². The number of carbonyl (C=O) groups excluding carboxylic acids is 1. The number of Topliss-reactive ketones (excluding diaryl/α,β-unsaturated/α-hetero) is 1. The zero-order valence-corrected chi connectivity index (χ0v) is 27.2. The Morgan fingerprint density at radius 1 is 0.816 bits per heavy atom. The van der Waals surface area contributed by atoms with Gasteiger partial charge < -0.3 is 5.11 Å². The molecule has 0 radical (unpaired) electrons. The lowest BCUT2D eigenvalue weighted by atomic mass is 9.84. The maximum atomic E-state index is 13.3. The second-order valence-corrected chi connectivity index (χ2v) is 17.5. The van der Waals surface area contributed by atoms with Crippen LogP contribution in [0.3, 0.4) is 0 Å². The third-order valence-electron chi connectivity index (χ3n) is 6.24. The van der Waals surface area contributed by atoms with Gasteiger partial charge in [-0.2, -0.15) is 0 Å². The van der Waals surface area contributed by atoms with Gasteiger partial charge in [0.15, 0.2) is 0 Å². The van der Waals surface area contributed by atoms with Gasteiger partial charge >= 0.3 is 0 Å². The monoisotopic (exact) mass is 551 g/mol. The van der Waals surface area contributed by atoms with Crippen molar-refractivity contribution >= 4 is 35.0 Å². The average molecular weight is 552 g/mol. The van der Waals surface area contributed by atoms with Gasteiger partial charge in [0.05, 0.1) is 11.1 Å². The SMILES string of the molecule is CC(C)(C)CC1=CC(=CC2=C(O)C(=Cc3cc(CC(C)(C)C)[s+]c(C(C)(C)C)c3)C2=O)C=C(C(C)(C)C)S1. The molecule has 2 aliphatic rings. The first-order valence-electron chi connectivity index (χ1n) is 13.6. The van der Waals surface area contributed by atoms with Crippen molar-refractivity contribution in [3.8, 4) is 0 Å². The van der Waals surface area contributed by atoms with E-state index >= 15 is 0 Å². The van der Waals surface area contributed by atoms with E-state index in [0.717, 1.165) is 24.0 Å². The fraction of sp³-hybridized carbons (Fsp3) is 0.529. The van der Waals surface area contributed by atoms with Crippen molar-refractivity contribution in [1.29, 1.82) is 0 Å². The lowest BCUT2D eigenvalue weighted by Gasteiger charge is -2.29. The standard InChI is InChI=1S/C34H46O2S2/c1-31(2,3)19-23-13-21(17-27(37-23)33(7,8)9)15-25-29(35)26(30(25)36)16-22-14-24(20-32(4,5)6)38-28(18-22)34(10,11)12/h13-18H,19-20H2,1-12H3/p+1. The number of rotatable bonds is 4. The summed E-state index contributed by atoms with van der Waals surface area (Å²) in [5.41, 5.74) is 3.12. The summed E-state index contributed by atoms with van der Waals surface area (Å²) in [4.78, 5) is 18.4. The molecule has 0 unspecified atom stereocenters. The largest absolute Gasteiger partial charge is 0.506 e. The zero-order chi connectivity index (χ0) is 28.8. The summed E-state index contributed by atoms with van der Waals surface area (Å²) < 4.78 is 0. The number of hydrogen-bond donors (Lipinski definition) is 1. The van der Waals surface area contributed by atoms with Crippen LogP contribution in [-0.4, -0.2) is 10.9 Å².